The van der Waals surface area contributed by atoms with Crippen molar-refractivity contribution in [2.75, 3.05) is 0 Å². The van der Waals surface area contributed by atoms with Gasteiger partial charge in [-0.2, -0.15) is 0 Å². The van der Waals surface area contributed by atoms with Gasteiger partial charge in [0.05, 0.1) is 0 Å². The van der Waals surface area contributed by atoms with Crippen LogP contribution in [0.2, 0.25) is 0 Å². The van der Waals surface area contributed by atoms with E-state index in [1.54, 1.807) is 6.92 Å². The van der Waals surface area contributed by atoms with Gasteiger partial charge in [0.15, 0.2) is 23.7 Å². The molecule has 1 fully saturated rings. The predicted octanol–water partition coefficient (Wildman–Crippen LogP) is -1.60. The van der Waals surface area contributed by atoms with Crippen molar-refractivity contribution in [1.82, 2.24) is 5.32 Å². The molecule has 1 saturated heterocycles. The normalized spacial score (nSPS) is 31.4. The minimum absolute atomic E-state index is 0.0623. The highest BCUT2D eigenvalue weighted by Gasteiger charge is 2.63. The molecule has 1 rings (SSSR count). The van der Waals surface area contributed by atoms with Gasteiger partial charge in [-0.3, -0.25) is 19.2 Å². The Morgan fingerprint density at radius 3 is 2.19 bits per heavy atom. The van der Waals surface area contributed by atoms with Crippen LogP contribution in [-0.2, 0) is 33.4 Å². The average molecular weight is 373 g/mol. The summed E-state index contributed by atoms with van der Waals surface area (Å²) in [6.07, 6.45) is -5.69. The Hall–Kier alpha value is -2.33. The Bertz CT molecular complexity index is 617. The molecule has 0 radical (unpaired) electrons. The number of hydrogen-bond donors (Lipinski definition) is 3. The van der Waals surface area contributed by atoms with Gasteiger partial charge in [0.25, 0.3) is 0 Å². The van der Waals surface area contributed by atoms with Gasteiger partial charge in [0, 0.05) is 20.3 Å². The van der Waals surface area contributed by atoms with E-state index >= 15 is 0 Å². The van der Waals surface area contributed by atoms with Gasteiger partial charge < -0.3 is 25.0 Å². The largest absolute Gasteiger partial charge is 0.450 e. The average Bonchev–Trinajstić information content (AvgIpc) is 2.59. The number of amides is 1. The molecule has 0 saturated carbocycles. The first kappa shape index (κ1) is 21.7. The van der Waals surface area contributed by atoms with E-state index in [2.05, 4.69) is 5.32 Å². The van der Waals surface area contributed by atoms with Crippen molar-refractivity contribution in [3.8, 4) is 0 Å². The van der Waals surface area contributed by atoms with E-state index in [-0.39, 0.29) is 6.42 Å². The standard InChI is InChI=1S/C16H23NO9/c1-5-6-10(21)12-11(22)14(23)16(7(2)18,26-9(4)20)13(15(24)25-12)17-8(3)19/h11-14,22-23H,5-6H2,1-4H3,(H,17,19)/t11-,12?,13+,14+,16-/m1/s1. The fourth-order valence-corrected chi connectivity index (χ4v) is 2.88. The highest BCUT2D eigenvalue weighted by Crippen LogP contribution is 2.32. The fourth-order valence-electron chi connectivity index (χ4n) is 2.88. The number of carbonyl (C=O) groups excluding carboxylic acids is 5. The van der Waals surface area contributed by atoms with Gasteiger partial charge in [-0.1, -0.05) is 6.92 Å². The topological polar surface area (TPSA) is 156 Å². The zero-order valence-corrected chi connectivity index (χ0v) is 15.0. The van der Waals surface area contributed by atoms with Crippen molar-refractivity contribution in [3.05, 3.63) is 0 Å². The smallest absolute Gasteiger partial charge is 0.334 e. The number of ketones is 2. The lowest BCUT2D eigenvalue weighted by molar-refractivity contribution is -0.192. The lowest BCUT2D eigenvalue weighted by Crippen LogP contribution is -2.69. The van der Waals surface area contributed by atoms with Crippen molar-refractivity contribution >= 4 is 29.4 Å². The molecule has 1 unspecified atom stereocenters. The van der Waals surface area contributed by atoms with E-state index in [9.17, 15) is 34.2 Å². The highest BCUT2D eigenvalue weighted by atomic mass is 16.6. The lowest BCUT2D eigenvalue weighted by atomic mass is 9.80. The molecular formula is C16H23NO9. The van der Waals surface area contributed by atoms with Crippen molar-refractivity contribution in [3.63, 3.8) is 0 Å². The summed E-state index contributed by atoms with van der Waals surface area (Å²) in [5, 5.41) is 23.1. The minimum atomic E-state index is -2.64. The summed E-state index contributed by atoms with van der Waals surface area (Å²) in [6.45, 7) is 4.54. The van der Waals surface area contributed by atoms with Crippen molar-refractivity contribution in [2.45, 2.75) is 70.5 Å². The van der Waals surface area contributed by atoms with E-state index in [4.69, 9.17) is 9.47 Å². The Morgan fingerprint density at radius 1 is 1.19 bits per heavy atom. The van der Waals surface area contributed by atoms with E-state index < -0.39 is 59.4 Å². The molecule has 0 aromatic rings. The van der Waals surface area contributed by atoms with E-state index in [1.807, 2.05) is 0 Å². The number of aliphatic hydroxyl groups is 2. The molecule has 10 heteroatoms. The van der Waals surface area contributed by atoms with Crippen LogP contribution in [0.25, 0.3) is 0 Å². The monoisotopic (exact) mass is 373 g/mol. The molecule has 0 aromatic heterocycles. The van der Waals surface area contributed by atoms with Gasteiger partial charge in [-0.25, -0.2) is 4.79 Å². The number of rotatable bonds is 6. The number of carbonyl (C=O) groups is 5. The number of nitrogens with one attached hydrogen (secondary N) is 1. The quantitative estimate of drug-likeness (QED) is 0.466. The zero-order valence-electron chi connectivity index (χ0n) is 15.0. The Kier molecular flexibility index (Phi) is 6.99. The number of aliphatic hydroxyl groups excluding tert-OH is 2. The number of ether oxygens (including phenoxy) is 2. The lowest BCUT2D eigenvalue weighted by Gasteiger charge is -2.38. The van der Waals surface area contributed by atoms with Crippen molar-refractivity contribution < 1.29 is 43.7 Å². The molecule has 3 N–H and O–H groups in total. The van der Waals surface area contributed by atoms with Crippen LogP contribution in [0.5, 0.6) is 0 Å². The van der Waals surface area contributed by atoms with Gasteiger partial charge in [0.2, 0.25) is 11.5 Å². The Morgan fingerprint density at radius 2 is 1.77 bits per heavy atom. The third-order valence-electron chi connectivity index (χ3n) is 4.00. The van der Waals surface area contributed by atoms with Crippen LogP contribution >= 0.6 is 0 Å². The Balaban J connectivity index is 3.57. The first-order chi connectivity index (χ1) is 12.0. The first-order valence-corrected chi connectivity index (χ1v) is 8.06. The van der Waals surface area contributed by atoms with E-state index in [0.717, 1.165) is 20.8 Å². The predicted molar refractivity (Wildman–Crippen MR) is 84.6 cm³/mol. The maximum atomic E-state index is 12.5. The molecule has 5 atom stereocenters. The molecule has 26 heavy (non-hydrogen) atoms. The molecular weight excluding hydrogens is 350 g/mol. The maximum absolute atomic E-state index is 12.5. The fraction of sp³-hybridized carbons (Fsp3) is 0.688. The third-order valence-corrected chi connectivity index (χ3v) is 4.00. The molecule has 1 heterocycles. The molecule has 1 amide bonds. The number of Topliss-reactive ketones (excluding diaryl/α,β-unsaturated/α-hetero) is 2. The second kappa shape index (κ2) is 8.37. The van der Waals surface area contributed by atoms with Gasteiger partial charge in [-0.15, -0.1) is 0 Å². The second-order valence-corrected chi connectivity index (χ2v) is 6.09. The molecule has 0 aromatic carbocycles. The van der Waals surface area contributed by atoms with Crippen LogP contribution in [0.15, 0.2) is 0 Å². The first-order valence-electron chi connectivity index (χ1n) is 8.06. The molecule has 0 aliphatic carbocycles. The van der Waals surface area contributed by atoms with Crippen LogP contribution in [0.1, 0.15) is 40.5 Å². The van der Waals surface area contributed by atoms with Crippen LogP contribution in [0.3, 0.4) is 0 Å². The SMILES string of the molecule is CCCC(=O)C1OC(=O)[C@H](NC(C)=O)[C@](OC(C)=O)(C(C)=O)[C@@H](O)[C@@H]1O. The van der Waals surface area contributed by atoms with Crippen LogP contribution < -0.4 is 5.32 Å². The number of hydrogen-bond acceptors (Lipinski definition) is 9. The van der Waals surface area contributed by atoms with Gasteiger partial charge in [0.1, 0.15) is 12.2 Å². The van der Waals surface area contributed by atoms with Crippen molar-refractivity contribution in [1.29, 1.82) is 0 Å². The maximum Gasteiger partial charge on any atom is 0.334 e. The van der Waals surface area contributed by atoms with Gasteiger partial charge >= 0.3 is 11.9 Å². The molecule has 1 aliphatic heterocycles. The molecule has 1 aliphatic rings. The second-order valence-electron chi connectivity index (χ2n) is 6.09. The van der Waals surface area contributed by atoms with Crippen LogP contribution in [-0.4, -0.2) is 69.6 Å². The summed E-state index contributed by atoms with van der Waals surface area (Å²) in [5.74, 6) is -4.82. The van der Waals surface area contributed by atoms with E-state index in [0.29, 0.717) is 6.42 Å². The van der Waals surface area contributed by atoms with Gasteiger partial charge in [-0.05, 0) is 13.3 Å². The summed E-state index contributed by atoms with van der Waals surface area (Å²) in [4.78, 5) is 60.0. The molecule has 0 bridgehead atoms. The number of esters is 2. The summed E-state index contributed by atoms with van der Waals surface area (Å²) >= 11 is 0. The third kappa shape index (κ3) is 4.07. The summed E-state index contributed by atoms with van der Waals surface area (Å²) in [7, 11) is 0. The Labute approximate surface area is 149 Å². The highest BCUT2D eigenvalue weighted by molar-refractivity contribution is 5.99. The summed E-state index contributed by atoms with van der Waals surface area (Å²) < 4.78 is 9.90. The van der Waals surface area contributed by atoms with Crippen LogP contribution in [0, 0.1) is 0 Å². The van der Waals surface area contributed by atoms with Crippen LogP contribution in [0.4, 0.5) is 0 Å². The molecule has 10 nitrogen and oxygen atoms in total. The zero-order chi connectivity index (χ0) is 20.2. The number of cyclic esters (lactones) is 1. The molecule has 146 valence electrons. The summed E-state index contributed by atoms with van der Waals surface area (Å²) in [6, 6.07) is -1.94. The van der Waals surface area contributed by atoms with Crippen molar-refractivity contribution in [2.24, 2.45) is 0 Å². The minimum Gasteiger partial charge on any atom is -0.450 e. The summed E-state index contributed by atoms with van der Waals surface area (Å²) in [5.41, 5.74) is -2.64. The molecule has 0 spiro atoms. The van der Waals surface area contributed by atoms with E-state index in [1.165, 1.54) is 0 Å².